The summed E-state index contributed by atoms with van der Waals surface area (Å²) in [6, 6.07) is 4.61. The molecule has 0 spiro atoms. The van der Waals surface area contributed by atoms with Gasteiger partial charge in [-0.2, -0.15) is 0 Å². The third-order valence-electron chi connectivity index (χ3n) is 1.90. The van der Waals surface area contributed by atoms with Crippen LogP contribution in [0.15, 0.2) is 18.2 Å². The fraction of sp³-hybridized carbons (Fsp3) is 0.385. The number of aliphatic hydroxyl groups excluding tert-OH is 1. The topological polar surface area (TPSA) is 29.5 Å². The maximum Gasteiger partial charge on any atom is 0.124 e. The lowest BCUT2D eigenvalue weighted by atomic mass is 10.1. The summed E-state index contributed by atoms with van der Waals surface area (Å²) in [5.74, 6) is 5.24. The first kappa shape index (κ1) is 12.7. The lowest BCUT2D eigenvalue weighted by Gasteiger charge is -2.02. The zero-order valence-electron chi connectivity index (χ0n) is 9.29. The molecule has 2 nitrogen and oxygen atoms in total. The van der Waals surface area contributed by atoms with Crippen LogP contribution in [0.3, 0.4) is 0 Å². The van der Waals surface area contributed by atoms with Crippen molar-refractivity contribution in [3.63, 3.8) is 0 Å². The van der Waals surface area contributed by atoms with Crippen molar-refractivity contribution >= 4 is 0 Å². The normalized spacial score (nSPS) is 9.69. The number of ether oxygens (including phenoxy) is 1. The second-order valence-corrected chi connectivity index (χ2v) is 3.26. The fourth-order valence-corrected chi connectivity index (χ4v) is 1.25. The summed E-state index contributed by atoms with van der Waals surface area (Å²) in [6.07, 6.45) is 0.400. The van der Waals surface area contributed by atoms with Crippen LogP contribution in [0.5, 0.6) is 0 Å². The number of rotatable bonds is 4. The quantitative estimate of drug-likeness (QED) is 0.790. The van der Waals surface area contributed by atoms with Crippen LogP contribution in [0.4, 0.5) is 4.39 Å². The molecule has 3 heteroatoms. The second-order valence-electron chi connectivity index (χ2n) is 3.26. The van der Waals surface area contributed by atoms with Crippen LogP contribution in [0, 0.1) is 17.7 Å². The van der Waals surface area contributed by atoms with Gasteiger partial charge in [0.05, 0.1) is 13.2 Å². The smallest absolute Gasteiger partial charge is 0.124 e. The van der Waals surface area contributed by atoms with Gasteiger partial charge in [-0.05, 0) is 30.7 Å². The van der Waals surface area contributed by atoms with E-state index in [9.17, 15) is 4.39 Å². The third-order valence-corrected chi connectivity index (χ3v) is 1.90. The van der Waals surface area contributed by atoms with Gasteiger partial charge in [0.25, 0.3) is 0 Å². The monoisotopic (exact) mass is 222 g/mol. The lowest BCUT2D eigenvalue weighted by Crippen LogP contribution is -1.94. The highest BCUT2D eigenvalue weighted by Crippen LogP contribution is 2.09. The van der Waals surface area contributed by atoms with Crippen LogP contribution in [0.2, 0.25) is 0 Å². The molecule has 0 bridgehead atoms. The van der Waals surface area contributed by atoms with E-state index in [4.69, 9.17) is 9.84 Å². The van der Waals surface area contributed by atoms with Crippen molar-refractivity contribution in [1.82, 2.24) is 0 Å². The SMILES string of the molecule is CCOCc1cc(F)cc(C#CCCO)c1. The summed E-state index contributed by atoms with van der Waals surface area (Å²) in [7, 11) is 0. The van der Waals surface area contributed by atoms with Gasteiger partial charge in [0.1, 0.15) is 5.82 Å². The summed E-state index contributed by atoms with van der Waals surface area (Å²) in [6.45, 7) is 2.90. The Morgan fingerprint density at radius 2 is 2.19 bits per heavy atom. The molecule has 0 aromatic heterocycles. The molecule has 0 aliphatic carbocycles. The minimum atomic E-state index is -0.314. The molecule has 0 amide bonds. The van der Waals surface area contributed by atoms with E-state index in [-0.39, 0.29) is 12.4 Å². The number of hydrogen-bond acceptors (Lipinski definition) is 2. The number of halogens is 1. The highest BCUT2D eigenvalue weighted by Gasteiger charge is 1.99. The Morgan fingerprint density at radius 1 is 1.38 bits per heavy atom. The maximum atomic E-state index is 13.2. The zero-order chi connectivity index (χ0) is 11.8. The van der Waals surface area contributed by atoms with Gasteiger partial charge in [0.2, 0.25) is 0 Å². The van der Waals surface area contributed by atoms with Gasteiger partial charge in [-0.3, -0.25) is 0 Å². The van der Waals surface area contributed by atoms with Crippen molar-refractivity contribution < 1.29 is 14.2 Å². The Balaban J connectivity index is 2.78. The van der Waals surface area contributed by atoms with E-state index in [0.717, 1.165) is 5.56 Å². The molecular weight excluding hydrogens is 207 g/mol. The van der Waals surface area contributed by atoms with E-state index in [2.05, 4.69) is 11.8 Å². The largest absolute Gasteiger partial charge is 0.395 e. The highest BCUT2D eigenvalue weighted by molar-refractivity contribution is 5.37. The first-order chi connectivity index (χ1) is 7.76. The molecule has 0 saturated heterocycles. The van der Waals surface area contributed by atoms with E-state index in [0.29, 0.717) is 25.2 Å². The summed E-state index contributed by atoms with van der Waals surface area (Å²) in [4.78, 5) is 0. The molecule has 0 radical (unpaired) electrons. The minimum absolute atomic E-state index is 0.0219. The Kier molecular flexibility index (Phi) is 5.55. The van der Waals surface area contributed by atoms with Crippen LogP contribution in [0.25, 0.3) is 0 Å². The molecule has 0 aliphatic heterocycles. The van der Waals surface area contributed by atoms with Gasteiger partial charge >= 0.3 is 0 Å². The van der Waals surface area contributed by atoms with E-state index < -0.39 is 0 Å². The molecule has 0 saturated carbocycles. The Labute approximate surface area is 95.1 Å². The number of aliphatic hydroxyl groups is 1. The minimum Gasteiger partial charge on any atom is -0.395 e. The van der Waals surface area contributed by atoms with Crippen LogP contribution < -0.4 is 0 Å². The molecule has 1 rings (SSSR count). The van der Waals surface area contributed by atoms with Gasteiger partial charge in [0.15, 0.2) is 0 Å². The predicted molar refractivity (Wildman–Crippen MR) is 60.3 cm³/mol. The van der Waals surface area contributed by atoms with E-state index >= 15 is 0 Å². The number of benzene rings is 1. The lowest BCUT2D eigenvalue weighted by molar-refractivity contribution is 0.134. The summed E-state index contributed by atoms with van der Waals surface area (Å²) in [5.41, 5.74) is 1.39. The molecule has 0 aliphatic rings. The highest BCUT2D eigenvalue weighted by atomic mass is 19.1. The van der Waals surface area contributed by atoms with Crippen LogP contribution in [0.1, 0.15) is 24.5 Å². The van der Waals surface area contributed by atoms with Gasteiger partial charge < -0.3 is 9.84 Å². The molecule has 0 fully saturated rings. The molecular formula is C13H15FO2. The first-order valence-electron chi connectivity index (χ1n) is 5.23. The van der Waals surface area contributed by atoms with Crippen LogP contribution in [-0.2, 0) is 11.3 Å². The summed E-state index contributed by atoms with van der Waals surface area (Å²) >= 11 is 0. The third kappa shape index (κ3) is 4.43. The average molecular weight is 222 g/mol. The summed E-state index contributed by atoms with van der Waals surface area (Å²) < 4.78 is 18.4. The molecule has 1 aromatic carbocycles. The van der Waals surface area contributed by atoms with Gasteiger partial charge in [-0.25, -0.2) is 4.39 Å². The van der Waals surface area contributed by atoms with Crippen molar-refractivity contribution in [1.29, 1.82) is 0 Å². The maximum absolute atomic E-state index is 13.2. The molecule has 16 heavy (non-hydrogen) atoms. The Bertz CT molecular complexity index is 391. The van der Waals surface area contributed by atoms with E-state index in [1.54, 1.807) is 6.07 Å². The molecule has 0 heterocycles. The van der Waals surface area contributed by atoms with Crippen LogP contribution in [-0.4, -0.2) is 18.3 Å². The van der Waals surface area contributed by atoms with Crippen molar-refractivity contribution in [2.75, 3.05) is 13.2 Å². The summed E-state index contributed by atoms with van der Waals surface area (Å²) in [5, 5.41) is 8.57. The van der Waals surface area contributed by atoms with Gasteiger partial charge in [-0.1, -0.05) is 11.8 Å². The van der Waals surface area contributed by atoms with E-state index in [1.165, 1.54) is 12.1 Å². The second kappa shape index (κ2) is 7.00. The standard InChI is InChI=1S/C13H15FO2/c1-2-16-10-12-7-11(5-3-4-6-15)8-13(14)9-12/h7-9,15H,2,4,6,10H2,1H3. The average Bonchev–Trinajstić information content (AvgIpc) is 2.26. The van der Waals surface area contributed by atoms with Crippen molar-refractivity contribution in [3.05, 3.63) is 35.1 Å². The Morgan fingerprint density at radius 3 is 2.88 bits per heavy atom. The Hall–Kier alpha value is -1.37. The molecule has 0 unspecified atom stereocenters. The molecule has 1 N–H and O–H groups in total. The fourth-order valence-electron chi connectivity index (χ4n) is 1.25. The van der Waals surface area contributed by atoms with Crippen molar-refractivity contribution in [2.45, 2.75) is 20.0 Å². The predicted octanol–water partition coefficient (Wildman–Crippen LogP) is 2.10. The molecule has 86 valence electrons. The van der Waals surface area contributed by atoms with Crippen LogP contribution >= 0.6 is 0 Å². The molecule has 1 aromatic rings. The van der Waals surface area contributed by atoms with Gasteiger partial charge in [0, 0.05) is 18.6 Å². The molecule has 0 atom stereocenters. The number of hydrogen-bond donors (Lipinski definition) is 1. The first-order valence-corrected chi connectivity index (χ1v) is 5.23. The van der Waals surface area contributed by atoms with Gasteiger partial charge in [-0.15, -0.1) is 0 Å². The zero-order valence-corrected chi connectivity index (χ0v) is 9.29. The van der Waals surface area contributed by atoms with E-state index in [1.807, 2.05) is 6.92 Å². The van der Waals surface area contributed by atoms with Crippen molar-refractivity contribution in [3.8, 4) is 11.8 Å². The van der Waals surface area contributed by atoms with Crippen molar-refractivity contribution in [2.24, 2.45) is 0 Å².